The minimum atomic E-state index is -2.11. The summed E-state index contributed by atoms with van der Waals surface area (Å²) in [5, 5.41) is 0.167. The van der Waals surface area contributed by atoms with Crippen LogP contribution >= 0.6 is 0 Å². The molecule has 0 saturated carbocycles. The first-order valence-corrected chi connectivity index (χ1v) is 22.9. The van der Waals surface area contributed by atoms with Crippen molar-refractivity contribution in [3.8, 4) is 0 Å². The van der Waals surface area contributed by atoms with Gasteiger partial charge in [-0.25, -0.2) is 0 Å². The Labute approximate surface area is 280 Å². The zero-order valence-corrected chi connectivity index (χ0v) is 34.4. The lowest BCUT2D eigenvalue weighted by Gasteiger charge is -2.51. The van der Waals surface area contributed by atoms with Crippen LogP contribution in [0.5, 0.6) is 0 Å². The highest BCUT2D eigenvalue weighted by atomic mass is 28.4. The van der Waals surface area contributed by atoms with Gasteiger partial charge in [0.1, 0.15) is 13.6 Å². The molecule has 266 valence electrons. The van der Waals surface area contributed by atoms with Gasteiger partial charge in [-0.05, 0) is 50.1 Å². The predicted octanol–water partition coefficient (Wildman–Crippen LogP) is 9.56. The summed E-state index contributed by atoms with van der Waals surface area (Å²) < 4.78 is 44.1. The zero-order valence-electron chi connectivity index (χ0n) is 32.4. The smallest absolute Gasteiger partial charge is 0.195 e. The Hall–Kier alpha value is -0.366. The molecule has 9 heteroatoms. The van der Waals surface area contributed by atoms with Gasteiger partial charge in [-0.15, -0.1) is 0 Å². The van der Waals surface area contributed by atoms with Crippen LogP contribution in [0.2, 0.25) is 36.3 Å². The molecule has 0 aromatic rings. The van der Waals surface area contributed by atoms with Gasteiger partial charge >= 0.3 is 0 Å². The minimum absolute atomic E-state index is 0.0159. The highest BCUT2D eigenvalue weighted by molar-refractivity contribution is 6.74. The summed E-state index contributed by atoms with van der Waals surface area (Å²) in [5.74, 6) is 0.619. The molecule has 0 bridgehead atoms. The second-order valence-corrected chi connectivity index (χ2v) is 26.2. The Morgan fingerprint density at radius 2 is 1.27 bits per heavy atom. The fraction of sp³-hybridized carbons (Fsp3) is 0.889. The van der Waals surface area contributed by atoms with Crippen molar-refractivity contribution in [1.29, 1.82) is 0 Å². The molecule has 1 heterocycles. The summed E-state index contributed by atoms with van der Waals surface area (Å²) in [5.41, 5.74) is 1.27. The van der Waals surface area contributed by atoms with E-state index >= 15 is 0 Å². The predicted molar refractivity (Wildman–Crippen MR) is 192 cm³/mol. The van der Waals surface area contributed by atoms with E-state index in [1.54, 1.807) is 14.2 Å². The molecular weight excluding hydrogens is 601 g/mol. The highest BCUT2D eigenvalue weighted by Gasteiger charge is 2.50. The number of methoxy groups -OCH3 is 2. The quantitative estimate of drug-likeness (QED) is 0.0866. The van der Waals surface area contributed by atoms with Crippen molar-refractivity contribution in [1.82, 2.24) is 0 Å². The van der Waals surface area contributed by atoms with Crippen molar-refractivity contribution in [2.75, 3.05) is 27.8 Å². The number of rotatable bonds is 17. The van der Waals surface area contributed by atoms with Gasteiger partial charge in [0.05, 0.1) is 24.4 Å². The molecule has 9 atom stereocenters. The fourth-order valence-corrected chi connectivity index (χ4v) is 8.08. The molecule has 1 saturated heterocycles. The third-order valence-electron chi connectivity index (χ3n) is 10.3. The summed E-state index contributed by atoms with van der Waals surface area (Å²) in [6.07, 6.45) is 6.61. The Bertz CT molecular complexity index is 917. The van der Waals surface area contributed by atoms with Crippen LogP contribution in [0.25, 0.3) is 0 Å². The van der Waals surface area contributed by atoms with Crippen LogP contribution in [0.1, 0.15) is 89.5 Å². The van der Waals surface area contributed by atoms with E-state index in [1.165, 1.54) is 5.57 Å². The van der Waals surface area contributed by atoms with Crippen LogP contribution in [0, 0.1) is 23.7 Å². The monoisotopic (exact) mass is 672 g/mol. The Balaban J connectivity index is 3.42. The molecule has 0 unspecified atom stereocenters. The van der Waals surface area contributed by atoms with Crippen LogP contribution in [0.15, 0.2) is 23.8 Å². The summed E-state index contributed by atoms with van der Waals surface area (Å²) in [7, 11) is -0.853. The van der Waals surface area contributed by atoms with Gasteiger partial charge in [0.25, 0.3) is 0 Å². The second-order valence-electron chi connectivity index (χ2n) is 16.7. The molecule has 1 fully saturated rings. The van der Waals surface area contributed by atoms with Crippen molar-refractivity contribution in [2.45, 2.75) is 156 Å². The molecule has 0 aromatic heterocycles. The van der Waals surface area contributed by atoms with Gasteiger partial charge in [0.15, 0.2) is 22.9 Å². The van der Waals surface area contributed by atoms with Crippen molar-refractivity contribution < 1.29 is 32.5 Å². The molecule has 0 N–H and O–H groups in total. The molecule has 0 spiro atoms. The maximum Gasteiger partial charge on any atom is 0.195 e. The number of hydrogen-bond donors (Lipinski definition) is 0. The first kappa shape index (κ1) is 42.7. The fourth-order valence-electron chi connectivity index (χ4n) is 5.41. The maximum absolute atomic E-state index is 7.19. The Morgan fingerprint density at radius 3 is 1.76 bits per heavy atom. The van der Waals surface area contributed by atoms with Crippen molar-refractivity contribution in [2.24, 2.45) is 23.7 Å². The molecule has 0 aliphatic carbocycles. The summed E-state index contributed by atoms with van der Waals surface area (Å²) in [4.78, 5) is 0. The minimum Gasteiger partial charge on any atom is -0.413 e. The van der Waals surface area contributed by atoms with Crippen molar-refractivity contribution >= 4 is 16.6 Å². The van der Waals surface area contributed by atoms with E-state index in [9.17, 15) is 0 Å². The molecule has 0 amide bonds. The number of hydrogen-bond acceptors (Lipinski definition) is 7. The molecule has 1 aliphatic heterocycles. The second kappa shape index (κ2) is 17.9. The average molecular weight is 673 g/mol. The average Bonchev–Trinajstić information content (AvgIpc) is 2.89. The van der Waals surface area contributed by atoms with Crippen LogP contribution in [0.4, 0.5) is 0 Å². The summed E-state index contributed by atoms with van der Waals surface area (Å²) >= 11 is 0. The molecule has 7 nitrogen and oxygen atoms in total. The van der Waals surface area contributed by atoms with Crippen molar-refractivity contribution in [3.63, 3.8) is 0 Å². The molecular formula is C36H72O7Si2. The third kappa shape index (κ3) is 12.9. The van der Waals surface area contributed by atoms with Gasteiger partial charge in [-0.3, -0.25) is 0 Å². The van der Waals surface area contributed by atoms with Gasteiger partial charge in [0.2, 0.25) is 0 Å². The Morgan fingerprint density at radius 1 is 0.756 bits per heavy atom. The largest absolute Gasteiger partial charge is 0.413 e. The number of allylic oxidation sites excluding steroid dienone is 1. The number of ether oxygens (including phenoxy) is 5. The maximum atomic E-state index is 7.19. The van der Waals surface area contributed by atoms with Gasteiger partial charge in [0, 0.05) is 44.3 Å². The molecule has 0 aromatic carbocycles. The van der Waals surface area contributed by atoms with Crippen LogP contribution in [-0.2, 0) is 32.5 Å². The lowest BCUT2D eigenvalue weighted by Crippen LogP contribution is -2.58. The first-order valence-electron chi connectivity index (χ1n) is 17.0. The molecule has 1 rings (SSSR count). The topological polar surface area (TPSA) is 64.6 Å². The summed E-state index contributed by atoms with van der Waals surface area (Å²) in [6.45, 7) is 36.6. The van der Waals surface area contributed by atoms with E-state index < -0.39 is 16.6 Å². The van der Waals surface area contributed by atoms with Crippen LogP contribution < -0.4 is 0 Å². The SMILES string of the molecule is COCO[C@H]([C@@H](C)C=C(C)C)[C@@H](C)/C=C\[C@H](C[C@@H]1O[C@@H](O[Si](C)(C)C(C)(C)C)[C@H](C)[C@@H](O[Si](C)(C)C(C)(C)C)[C@H]1C)OCOC. The van der Waals surface area contributed by atoms with E-state index in [1.807, 2.05) is 0 Å². The van der Waals surface area contributed by atoms with E-state index in [-0.39, 0.29) is 78.0 Å². The zero-order chi connectivity index (χ0) is 35.0. The van der Waals surface area contributed by atoms with Crippen LogP contribution in [0.3, 0.4) is 0 Å². The van der Waals surface area contributed by atoms with E-state index in [4.69, 9.17) is 32.5 Å². The highest BCUT2D eigenvalue weighted by Crippen LogP contribution is 2.45. The third-order valence-corrected chi connectivity index (χ3v) is 19.2. The first-order chi connectivity index (χ1) is 20.5. The molecule has 0 radical (unpaired) electrons. The standard InChI is InChI=1S/C36H72O7Si2/c1-25(2)21-27(4)32(40-24-38-14)26(3)19-20-30(39-23-37-13)22-31-28(5)33(42-44(15,16)35(7,8)9)29(6)34(41-31)43-45(17,18)36(10,11)12/h19-21,26-34H,22-24H2,1-18H3/b20-19-/t26-,27-,28-,29+,30+,31-,32-,33-,34-/m0/s1. The summed E-state index contributed by atoms with van der Waals surface area (Å²) in [6, 6.07) is 0. The van der Waals surface area contributed by atoms with E-state index in [2.05, 4.69) is 128 Å². The normalized spacial score (nSPS) is 26.5. The van der Waals surface area contributed by atoms with Gasteiger partial charge in [-0.1, -0.05) is 93.0 Å². The van der Waals surface area contributed by atoms with E-state index in [0.29, 0.717) is 6.42 Å². The lowest BCUT2D eigenvalue weighted by molar-refractivity contribution is -0.237. The molecule has 1 aliphatic rings. The van der Waals surface area contributed by atoms with E-state index in [0.717, 1.165) is 0 Å². The van der Waals surface area contributed by atoms with Crippen LogP contribution in [-0.4, -0.2) is 75.1 Å². The Kier molecular flexibility index (Phi) is 16.9. The van der Waals surface area contributed by atoms with Crippen molar-refractivity contribution in [3.05, 3.63) is 23.8 Å². The van der Waals surface area contributed by atoms with Gasteiger partial charge < -0.3 is 32.5 Å². The molecule has 45 heavy (non-hydrogen) atoms. The lowest BCUT2D eigenvalue weighted by atomic mass is 9.83. The van der Waals surface area contributed by atoms with Gasteiger partial charge in [-0.2, -0.15) is 0 Å².